The predicted molar refractivity (Wildman–Crippen MR) is 58.9 cm³/mol. The standard InChI is InChI=1S/C12H12FNO3/c13-9-4-6-10(7-5-9)14-12(16)17-11(15)8-2-1-3-8/h4-8H,1-3H2,(H,14,16). The number of halogens is 1. The molecule has 1 fully saturated rings. The lowest BCUT2D eigenvalue weighted by Gasteiger charge is -2.22. The number of benzene rings is 1. The Balaban J connectivity index is 1.84. The summed E-state index contributed by atoms with van der Waals surface area (Å²) in [5.41, 5.74) is 0.387. The van der Waals surface area contributed by atoms with Gasteiger partial charge in [0.1, 0.15) is 5.82 Å². The number of hydrogen-bond donors (Lipinski definition) is 1. The third-order valence-electron chi connectivity index (χ3n) is 2.72. The SMILES string of the molecule is O=C(Nc1ccc(F)cc1)OC(=O)C1CCC1. The van der Waals surface area contributed by atoms with E-state index < -0.39 is 17.9 Å². The van der Waals surface area contributed by atoms with Crippen molar-refractivity contribution < 1.29 is 18.7 Å². The molecule has 0 spiro atoms. The molecule has 5 heteroatoms. The second-order valence-electron chi connectivity index (χ2n) is 3.97. The molecule has 0 heterocycles. The Morgan fingerprint density at radius 3 is 2.41 bits per heavy atom. The molecule has 0 saturated heterocycles. The molecular formula is C12H12FNO3. The highest BCUT2D eigenvalue weighted by Gasteiger charge is 2.28. The molecule has 0 atom stereocenters. The van der Waals surface area contributed by atoms with Gasteiger partial charge in [-0.25, -0.2) is 9.18 Å². The fraction of sp³-hybridized carbons (Fsp3) is 0.333. The van der Waals surface area contributed by atoms with Crippen LogP contribution < -0.4 is 5.32 Å². The molecule has 1 saturated carbocycles. The Labute approximate surface area is 97.8 Å². The summed E-state index contributed by atoms with van der Waals surface area (Å²) in [6, 6.07) is 5.21. The average Bonchev–Trinajstić information content (AvgIpc) is 2.18. The average molecular weight is 237 g/mol. The lowest BCUT2D eigenvalue weighted by atomic mass is 9.86. The van der Waals surface area contributed by atoms with Gasteiger partial charge in [-0.05, 0) is 37.1 Å². The van der Waals surface area contributed by atoms with Crippen molar-refractivity contribution in [1.82, 2.24) is 0 Å². The highest BCUT2D eigenvalue weighted by molar-refractivity contribution is 5.93. The van der Waals surface area contributed by atoms with E-state index in [0.29, 0.717) is 5.69 Å². The number of ether oxygens (including phenoxy) is 1. The molecule has 1 N–H and O–H groups in total. The molecule has 90 valence electrons. The van der Waals surface area contributed by atoms with Crippen LogP contribution in [0, 0.1) is 11.7 Å². The molecule has 1 aliphatic carbocycles. The first-order chi connectivity index (χ1) is 8.15. The second kappa shape index (κ2) is 4.95. The van der Waals surface area contributed by atoms with Gasteiger partial charge in [0.15, 0.2) is 0 Å². The molecule has 17 heavy (non-hydrogen) atoms. The number of nitrogens with one attached hydrogen (secondary N) is 1. The van der Waals surface area contributed by atoms with Crippen LogP contribution in [0.25, 0.3) is 0 Å². The van der Waals surface area contributed by atoms with Crippen molar-refractivity contribution in [2.75, 3.05) is 5.32 Å². The van der Waals surface area contributed by atoms with Gasteiger partial charge in [-0.15, -0.1) is 0 Å². The van der Waals surface area contributed by atoms with Crippen LogP contribution in [-0.2, 0) is 9.53 Å². The Morgan fingerprint density at radius 2 is 1.88 bits per heavy atom. The van der Waals surface area contributed by atoms with Crippen LogP contribution in [-0.4, -0.2) is 12.1 Å². The highest BCUT2D eigenvalue weighted by atomic mass is 19.1. The first-order valence-corrected chi connectivity index (χ1v) is 5.43. The molecule has 0 aromatic heterocycles. The van der Waals surface area contributed by atoms with Crippen molar-refractivity contribution in [3.63, 3.8) is 0 Å². The minimum atomic E-state index is -0.825. The first kappa shape index (κ1) is 11.6. The number of anilines is 1. The van der Waals surface area contributed by atoms with Crippen LogP contribution in [0.5, 0.6) is 0 Å². The van der Waals surface area contributed by atoms with Gasteiger partial charge in [-0.2, -0.15) is 0 Å². The number of hydrogen-bond acceptors (Lipinski definition) is 3. The molecule has 0 unspecified atom stereocenters. The summed E-state index contributed by atoms with van der Waals surface area (Å²) in [7, 11) is 0. The van der Waals surface area contributed by atoms with E-state index in [0.717, 1.165) is 19.3 Å². The minimum absolute atomic E-state index is 0.144. The van der Waals surface area contributed by atoms with Crippen molar-refractivity contribution in [3.8, 4) is 0 Å². The van der Waals surface area contributed by atoms with E-state index in [4.69, 9.17) is 0 Å². The van der Waals surface area contributed by atoms with Crippen molar-refractivity contribution in [1.29, 1.82) is 0 Å². The van der Waals surface area contributed by atoms with E-state index in [1.807, 2.05) is 0 Å². The Kier molecular flexibility index (Phi) is 3.37. The summed E-state index contributed by atoms with van der Waals surface area (Å²) in [4.78, 5) is 22.6. The molecule has 1 aromatic rings. The third kappa shape index (κ3) is 3.03. The smallest absolute Gasteiger partial charge is 0.376 e. The maximum absolute atomic E-state index is 12.6. The summed E-state index contributed by atoms with van der Waals surface area (Å²) in [6.45, 7) is 0. The van der Waals surface area contributed by atoms with Crippen LogP contribution in [0.4, 0.5) is 14.9 Å². The largest absolute Gasteiger partial charge is 0.419 e. The Morgan fingerprint density at radius 1 is 1.24 bits per heavy atom. The normalized spacial score (nSPS) is 14.9. The molecule has 2 rings (SSSR count). The number of carbonyl (C=O) groups is 2. The predicted octanol–water partition coefficient (Wildman–Crippen LogP) is 2.70. The number of carbonyl (C=O) groups excluding carboxylic acids is 2. The summed E-state index contributed by atoms with van der Waals surface area (Å²) in [5, 5.41) is 2.35. The van der Waals surface area contributed by atoms with Gasteiger partial charge >= 0.3 is 12.1 Å². The van der Waals surface area contributed by atoms with E-state index in [1.165, 1.54) is 24.3 Å². The molecular weight excluding hydrogens is 225 g/mol. The topological polar surface area (TPSA) is 55.4 Å². The molecule has 4 nitrogen and oxygen atoms in total. The van der Waals surface area contributed by atoms with E-state index >= 15 is 0 Å². The van der Waals surface area contributed by atoms with Gasteiger partial charge in [-0.3, -0.25) is 10.1 Å². The summed E-state index contributed by atoms with van der Waals surface area (Å²) in [6.07, 6.45) is 1.73. The fourth-order valence-electron chi connectivity index (χ4n) is 1.50. The van der Waals surface area contributed by atoms with Crippen LogP contribution in [0.3, 0.4) is 0 Å². The first-order valence-electron chi connectivity index (χ1n) is 5.43. The van der Waals surface area contributed by atoms with Gasteiger partial charge in [0.2, 0.25) is 0 Å². The monoisotopic (exact) mass is 237 g/mol. The molecule has 0 aliphatic heterocycles. The van der Waals surface area contributed by atoms with Gasteiger partial charge in [0, 0.05) is 5.69 Å². The molecule has 0 radical (unpaired) electrons. The quantitative estimate of drug-likeness (QED) is 0.635. The van der Waals surface area contributed by atoms with Gasteiger partial charge in [-0.1, -0.05) is 6.42 Å². The molecule has 1 amide bonds. The number of amides is 1. The van der Waals surface area contributed by atoms with Crippen molar-refractivity contribution in [2.45, 2.75) is 19.3 Å². The Bertz CT molecular complexity index is 426. The van der Waals surface area contributed by atoms with Gasteiger partial charge < -0.3 is 4.74 Å². The van der Waals surface area contributed by atoms with Crippen LogP contribution in [0.15, 0.2) is 24.3 Å². The van der Waals surface area contributed by atoms with Crippen molar-refractivity contribution in [2.24, 2.45) is 5.92 Å². The Hall–Kier alpha value is -1.91. The van der Waals surface area contributed by atoms with Crippen LogP contribution >= 0.6 is 0 Å². The second-order valence-corrected chi connectivity index (χ2v) is 3.97. The third-order valence-corrected chi connectivity index (χ3v) is 2.72. The van der Waals surface area contributed by atoms with E-state index in [-0.39, 0.29) is 5.92 Å². The maximum atomic E-state index is 12.6. The zero-order valence-corrected chi connectivity index (χ0v) is 9.11. The lowest BCUT2D eigenvalue weighted by molar-refractivity contribution is -0.144. The van der Waals surface area contributed by atoms with Gasteiger partial charge in [0.05, 0.1) is 5.92 Å². The number of rotatable bonds is 2. The molecule has 1 aromatic carbocycles. The molecule has 1 aliphatic rings. The molecule has 0 bridgehead atoms. The van der Waals surface area contributed by atoms with Crippen molar-refractivity contribution in [3.05, 3.63) is 30.1 Å². The van der Waals surface area contributed by atoms with E-state index in [9.17, 15) is 14.0 Å². The fourth-order valence-corrected chi connectivity index (χ4v) is 1.50. The van der Waals surface area contributed by atoms with Crippen molar-refractivity contribution >= 4 is 17.7 Å². The lowest BCUT2D eigenvalue weighted by Crippen LogP contribution is -2.28. The minimum Gasteiger partial charge on any atom is -0.376 e. The zero-order chi connectivity index (χ0) is 12.3. The van der Waals surface area contributed by atoms with Crippen LogP contribution in [0.1, 0.15) is 19.3 Å². The summed E-state index contributed by atoms with van der Waals surface area (Å²) in [5.74, 6) is -1.03. The zero-order valence-electron chi connectivity index (χ0n) is 9.11. The van der Waals surface area contributed by atoms with Gasteiger partial charge in [0.25, 0.3) is 0 Å². The summed E-state index contributed by atoms with van der Waals surface area (Å²) >= 11 is 0. The van der Waals surface area contributed by atoms with E-state index in [2.05, 4.69) is 10.1 Å². The highest BCUT2D eigenvalue weighted by Crippen LogP contribution is 2.27. The van der Waals surface area contributed by atoms with Crippen LogP contribution in [0.2, 0.25) is 0 Å². The summed E-state index contributed by atoms with van der Waals surface area (Å²) < 4.78 is 17.2. The maximum Gasteiger partial charge on any atom is 0.419 e. The van der Waals surface area contributed by atoms with E-state index in [1.54, 1.807) is 0 Å². The number of esters is 1.